The summed E-state index contributed by atoms with van der Waals surface area (Å²) in [5.41, 5.74) is 4.18. The zero-order valence-corrected chi connectivity index (χ0v) is 14.9. The summed E-state index contributed by atoms with van der Waals surface area (Å²) in [6.45, 7) is 10.3. The summed E-state index contributed by atoms with van der Waals surface area (Å²) in [5.74, 6) is -0.314. The summed E-state index contributed by atoms with van der Waals surface area (Å²) >= 11 is 0. The number of benzene rings is 1. The van der Waals surface area contributed by atoms with Crippen molar-refractivity contribution < 1.29 is 13.9 Å². The quantitative estimate of drug-likeness (QED) is 0.576. The summed E-state index contributed by atoms with van der Waals surface area (Å²) in [4.78, 5) is 0. The van der Waals surface area contributed by atoms with Gasteiger partial charge in [-0.1, -0.05) is 18.2 Å². The van der Waals surface area contributed by atoms with Crippen LogP contribution in [0.4, 0.5) is 14.5 Å². The van der Waals surface area contributed by atoms with E-state index in [9.17, 15) is 13.9 Å². The molecule has 5 heteroatoms. The molecule has 0 spiro atoms. The van der Waals surface area contributed by atoms with Gasteiger partial charge in [0.15, 0.2) is 0 Å². The van der Waals surface area contributed by atoms with Gasteiger partial charge in [0.25, 0.3) is 0 Å². The van der Waals surface area contributed by atoms with Crippen LogP contribution in [0.15, 0.2) is 59.8 Å². The monoisotopic (exact) mass is 336 g/mol. The zero-order valence-electron chi connectivity index (χ0n) is 14.9. The number of hydrazine groups is 1. The number of rotatable bonds is 7. The molecule has 0 aliphatic rings. The average Bonchev–Trinajstić information content (AvgIpc) is 2.51. The summed E-state index contributed by atoms with van der Waals surface area (Å²) in [6.07, 6.45) is 1.89. The Bertz CT molecular complexity index is 627. The fourth-order valence-corrected chi connectivity index (χ4v) is 2.05. The van der Waals surface area contributed by atoms with Crippen molar-refractivity contribution >= 4 is 5.69 Å². The third kappa shape index (κ3) is 4.76. The number of nitrogens with one attached hydrogen (secondary N) is 1. The first-order chi connectivity index (χ1) is 11.1. The van der Waals surface area contributed by atoms with Crippen LogP contribution in [-0.2, 0) is 0 Å². The topological polar surface area (TPSA) is 35.5 Å². The van der Waals surface area contributed by atoms with E-state index < -0.39 is 11.8 Å². The number of hydrogen-bond acceptors (Lipinski definition) is 3. The van der Waals surface area contributed by atoms with E-state index in [1.807, 2.05) is 13.8 Å². The molecule has 24 heavy (non-hydrogen) atoms. The number of aliphatic hydroxyl groups is 1. The highest BCUT2D eigenvalue weighted by Crippen LogP contribution is 2.25. The highest BCUT2D eigenvalue weighted by molar-refractivity contribution is 5.54. The molecular weight excluding hydrogens is 310 g/mol. The minimum Gasteiger partial charge on any atom is -0.382 e. The Labute approximate surface area is 143 Å². The Balaban J connectivity index is 3.15. The molecule has 1 aromatic rings. The molecule has 0 saturated carbocycles. The Hall–Kier alpha value is -1.98. The van der Waals surface area contributed by atoms with E-state index in [1.54, 1.807) is 36.3 Å². The number of allylic oxidation sites excluding steroid dienone is 2. The van der Waals surface area contributed by atoms with Gasteiger partial charge in [0.1, 0.15) is 17.6 Å². The lowest BCUT2D eigenvalue weighted by Gasteiger charge is -2.28. The Morgan fingerprint density at radius 3 is 2.25 bits per heavy atom. The van der Waals surface area contributed by atoms with Gasteiger partial charge in [-0.25, -0.2) is 14.2 Å². The molecule has 0 bridgehead atoms. The minimum absolute atomic E-state index is 0.270. The maximum absolute atomic E-state index is 13.5. The van der Waals surface area contributed by atoms with Gasteiger partial charge in [-0.05, 0) is 63.6 Å². The normalized spacial score (nSPS) is 15.0. The second-order valence-electron chi connectivity index (χ2n) is 6.04. The molecule has 0 heterocycles. The maximum Gasteiger partial charge on any atom is 0.130 e. The van der Waals surface area contributed by atoms with Crippen LogP contribution in [0.3, 0.4) is 0 Å². The number of hydrogen-bond donors (Lipinski definition) is 2. The Morgan fingerprint density at radius 2 is 1.83 bits per heavy atom. The molecule has 1 aromatic carbocycles. The molecule has 132 valence electrons. The molecule has 0 saturated heterocycles. The van der Waals surface area contributed by atoms with E-state index in [4.69, 9.17) is 0 Å². The van der Waals surface area contributed by atoms with Gasteiger partial charge >= 0.3 is 0 Å². The average molecular weight is 336 g/mol. The first-order valence-electron chi connectivity index (χ1n) is 7.75. The molecule has 3 nitrogen and oxygen atoms in total. The van der Waals surface area contributed by atoms with Gasteiger partial charge in [0.2, 0.25) is 0 Å². The van der Waals surface area contributed by atoms with Crippen molar-refractivity contribution in [1.29, 1.82) is 0 Å². The summed E-state index contributed by atoms with van der Waals surface area (Å²) < 4.78 is 26.7. The van der Waals surface area contributed by atoms with Crippen LogP contribution >= 0.6 is 0 Å². The highest BCUT2D eigenvalue weighted by atomic mass is 19.1. The molecule has 0 radical (unpaired) electrons. The van der Waals surface area contributed by atoms with Crippen LogP contribution in [0, 0.1) is 5.82 Å². The van der Waals surface area contributed by atoms with Crippen molar-refractivity contribution in [3.8, 4) is 0 Å². The smallest absolute Gasteiger partial charge is 0.130 e. The minimum atomic E-state index is -1.64. The lowest BCUT2D eigenvalue weighted by Crippen LogP contribution is -2.36. The number of nitrogens with zero attached hydrogens (tertiary/aromatic N) is 1. The second kappa shape index (κ2) is 8.22. The molecule has 2 atom stereocenters. The van der Waals surface area contributed by atoms with Crippen molar-refractivity contribution in [2.24, 2.45) is 0 Å². The Morgan fingerprint density at radius 1 is 1.29 bits per heavy atom. The standard InChI is InChI=1S/C19H26F2N2O/c1-13(2)18(12-7-14(3)19(5,24)15(4)20)23(22-6)17-10-8-16(21)9-11-17/h7-12,15,22,24H,3H2,1-2,4-6H3/b12-7-. The molecule has 2 unspecified atom stereocenters. The lowest BCUT2D eigenvalue weighted by molar-refractivity contribution is 0.0251. The number of anilines is 1. The van der Waals surface area contributed by atoms with Crippen molar-refractivity contribution in [2.45, 2.75) is 39.5 Å². The van der Waals surface area contributed by atoms with Crippen LogP contribution in [-0.4, -0.2) is 23.9 Å². The molecule has 1 rings (SSSR count). The molecular formula is C19H26F2N2O. The van der Waals surface area contributed by atoms with Gasteiger partial charge < -0.3 is 5.11 Å². The van der Waals surface area contributed by atoms with E-state index in [2.05, 4.69) is 12.0 Å². The van der Waals surface area contributed by atoms with Crippen molar-refractivity contribution in [3.05, 3.63) is 65.7 Å². The van der Waals surface area contributed by atoms with Crippen LogP contribution in [0.5, 0.6) is 0 Å². The van der Waals surface area contributed by atoms with Gasteiger partial charge in [-0.2, -0.15) is 0 Å². The number of alkyl halides is 1. The second-order valence-corrected chi connectivity index (χ2v) is 6.04. The molecule has 0 aliphatic carbocycles. The first-order valence-corrected chi connectivity index (χ1v) is 7.75. The van der Waals surface area contributed by atoms with E-state index in [-0.39, 0.29) is 11.4 Å². The van der Waals surface area contributed by atoms with Crippen molar-refractivity contribution in [1.82, 2.24) is 5.43 Å². The molecule has 0 amide bonds. The third-order valence-electron chi connectivity index (χ3n) is 3.93. The lowest BCUT2D eigenvalue weighted by atomic mass is 9.92. The molecule has 2 N–H and O–H groups in total. The summed E-state index contributed by atoms with van der Waals surface area (Å²) in [6, 6.07) is 6.05. The third-order valence-corrected chi connectivity index (χ3v) is 3.93. The zero-order chi connectivity index (χ0) is 18.5. The highest BCUT2D eigenvalue weighted by Gasteiger charge is 2.30. The molecule has 0 aromatic heterocycles. The van der Waals surface area contributed by atoms with Crippen molar-refractivity contribution in [2.75, 3.05) is 12.1 Å². The van der Waals surface area contributed by atoms with Gasteiger partial charge in [-0.3, -0.25) is 5.01 Å². The largest absolute Gasteiger partial charge is 0.382 e. The summed E-state index contributed by atoms with van der Waals surface area (Å²) in [7, 11) is 1.74. The van der Waals surface area contributed by atoms with Crippen LogP contribution in [0.1, 0.15) is 27.7 Å². The number of halogens is 2. The van der Waals surface area contributed by atoms with Gasteiger partial charge in [0.05, 0.1) is 11.4 Å². The van der Waals surface area contributed by atoms with Crippen LogP contribution < -0.4 is 10.4 Å². The molecule has 0 fully saturated rings. The molecule has 0 aliphatic heterocycles. The maximum atomic E-state index is 13.5. The van der Waals surface area contributed by atoms with Gasteiger partial charge in [0, 0.05) is 7.05 Å². The SMILES string of the molecule is C=C(/C=C\C(=C(C)C)N(NC)c1ccc(F)cc1)C(C)(O)C(C)F. The van der Waals surface area contributed by atoms with E-state index in [1.165, 1.54) is 26.0 Å². The van der Waals surface area contributed by atoms with Crippen LogP contribution in [0.25, 0.3) is 0 Å². The van der Waals surface area contributed by atoms with E-state index in [0.717, 1.165) is 17.0 Å². The van der Waals surface area contributed by atoms with Crippen LogP contribution in [0.2, 0.25) is 0 Å². The van der Waals surface area contributed by atoms with E-state index in [0.29, 0.717) is 0 Å². The first kappa shape index (κ1) is 20.1. The fourth-order valence-electron chi connectivity index (χ4n) is 2.05. The van der Waals surface area contributed by atoms with Gasteiger partial charge in [-0.15, -0.1) is 0 Å². The Kier molecular flexibility index (Phi) is 6.87. The van der Waals surface area contributed by atoms with E-state index >= 15 is 0 Å². The predicted molar refractivity (Wildman–Crippen MR) is 95.8 cm³/mol. The van der Waals surface area contributed by atoms with Crippen molar-refractivity contribution in [3.63, 3.8) is 0 Å². The summed E-state index contributed by atoms with van der Waals surface area (Å²) in [5, 5.41) is 11.9. The fraction of sp³-hybridized carbons (Fsp3) is 0.368. The predicted octanol–water partition coefficient (Wildman–Crippen LogP) is 4.28.